The molecule has 4 nitrogen and oxygen atoms in total. The molecule has 1 aromatic carbocycles. The first-order valence-corrected chi connectivity index (χ1v) is 4.54. The second kappa shape index (κ2) is 2.27. The Morgan fingerprint density at radius 3 is 2.93 bits per heavy atom. The number of hydrogen-bond acceptors (Lipinski definition) is 3. The van der Waals surface area contributed by atoms with Gasteiger partial charge in [0.05, 0.1) is 11.1 Å². The van der Waals surface area contributed by atoms with Crippen LogP contribution >= 0.6 is 0 Å². The number of benzene rings is 1. The largest absolute Gasteiger partial charge is 0.417 e. The number of aromatic nitrogens is 1. The number of aromatic amines is 1. The van der Waals surface area contributed by atoms with Crippen molar-refractivity contribution in [3.63, 3.8) is 0 Å². The third-order valence-electron chi connectivity index (χ3n) is 2.68. The van der Waals surface area contributed by atoms with Crippen LogP contribution in [0.2, 0.25) is 0 Å². The maximum absolute atomic E-state index is 11.0. The van der Waals surface area contributed by atoms with Crippen molar-refractivity contribution in [3.8, 4) is 0 Å². The molecule has 0 atom stereocenters. The Morgan fingerprint density at radius 2 is 2.21 bits per heavy atom. The van der Waals surface area contributed by atoms with E-state index in [0.717, 1.165) is 18.4 Å². The molecule has 1 fully saturated rings. The van der Waals surface area contributed by atoms with Crippen LogP contribution in [0.3, 0.4) is 0 Å². The standard InChI is InChI=1S/C10H9NO3/c12-9-11-8-6(10(13)4-5-10)2-1-3-7(8)14-9/h1-3,13H,4-5H2,(H,11,12). The van der Waals surface area contributed by atoms with Gasteiger partial charge < -0.3 is 9.52 Å². The smallest absolute Gasteiger partial charge is 0.408 e. The number of nitrogens with one attached hydrogen (secondary N) is 1. The summed E-state index contributed by atoms with van der Waals surface area (Å²) in [6.07, 6.45) is 1.50. The minimum atomic E-state index is -0.744. The summed E-state index contributed by atoms with van der Waals surface area (Å²) in [7, 11) is 0. The Kier molecular flexibility index (Phi) is 1.27. The molecule has 1 aliphatic rings. The lowest BCUT2D eigenvalue weighted by atomic mass is 10.1. The number of aliphatic hydroxyl groups is 1. The fourth-order valence-electron chi connectivity index (χ4n) is 1.75. The van der Waals surface area contributed by atoms with E-state index in [-0.39, 0.29) is 0 Å². The maximum Gasteiger partial charge on any atom is 0.417 e. The van der Waals surface area contributed by atoms with E-state index in [1.807, 2.05) is 6.07 Å². The third kappa shape index (κ3) is 0.943. The lowest BCUT2D eigenvalue weighted by molar-refractivity contribution is 0.153. The Labute approximate surface area is 79.2 Å². The Balaban J connectivity index is 2.38. The number of H-pyrrole nitrogens is 1. The van der Waals surface area contributed by atoms with Gasteiger partial charge in [0.25, 0.3) is 0 Å². The van der Waals surface area contributed by atoms with Crippen molar-refractivity contribution in [2.45, 2.75) is 18.4 Å². The molecule has 1 saturated carbocycles. The van der Waals surface area contributed by atoms with E-state index in [2.05, 4.69) is 4.98 Å². The van der Waals surface area contributed by atoms with Crippen molar-refractivity contribution >= 4 is 11.1 Å². The van der Waals surface area contributed by atoms with Crippen molar-refractivity contribution in [1.82, 2.24) is 4.98 Å². The fourth-order valence-corrected chi connectivity index (χ4v) is 1.75. The van der Waals surface area contributed by atoms with Crippen molar-refractivity contribution < 1.29 is 9.52 Å². The Bertz CT molecular complexity index is 548. The number of rotatable bonds is 1. The predicted octanol–water partition coefficient (Wildman–Crippen LogP) is 1.10. The van der Waals surface area contributed by atoms with Gasteiger partial charge in [-0.05, 0) is 18.9 Å². The molecule has 0 spiro atoms. The summed E-state index contributed by atoms with van der Waals surface area (Å²) in [5.41, 5.74) is 1.15. The van der Waals surface area contributed by atoms with Gasteiger partial charge in [-0.15, -0.1) is 0 Å². The molecule has 4 heteroatoms. The first-order chi connectivity index (χ1) is 6.69. The minimum Gasteiger partial charge on any atom is -0.408 e. The molecule has 0 bridgehead atoms. The number of oxazole rings is 1. The fraction of sp³-hybridized carbons (Fsp3) is 0.300. The van der Waals surface area contributed by atoms with Gasteiger partial charge in [-0.3, -0.25) is 4.98 Å². The molecule has 1 heterocycles. The molecule has 2 aromatic rings. The van der Waals surface area contributed by atoms with Gasteiger partial charge in [-0.1, -0.05) is 12.1 Å². The average Bonchev–Trinajstić information content (AvgIpc) is 2.78. The van der Waals surface area contributed by atoms with Crippen LogP contribution in [0, 0.1) is 0 Å². The summed E-state index contributed by atoms with van der Waals surface area (Å²) in [6, 6.07) is 5.31. The quantitative estimate of drug-likeness (QED) is 0.709. The van der Waals surface area contributed by atoms with Crippen LogP contribution in [0.5, 0.6) is 0 Å². The molecule has 3 rings (SSSR count). The van der Waals surface area contributed by atoms with Crippen molar-refractivity contribution in [1.29, 1.82) is 0 Å². The monoisotopic (exact) mass is 191 g/mol. The first kappa shape index (κ1) is 7.82. The lowest BCUT2D eigenvalue weighted by Gasteiger charge is -2.07. The van der Waals surface area contributed by atoms with E-state index < -0.39 is 11.4 Å². The van der Waals surface area contributed by atoms with Crippen LogP contribution in [0.25, 0.3) is 11.1 Å². The second-order valence-corrected chi connectivity index (χ2v) is 3.72. The summed E-state index contributed by atoms with van der Waals surface area (Å²) < 4.78 is 4.91. The molecule has 2 N–H and O–H groups in total. The molecule has 0 radical (unpaired) electrons. The SMILES string of the molecule is O=c1[nH]c2c(C3(O)CC3)cccc2o1. The summed E-state index contributed by atoms with van der Waals surface area (Å²) >= 11 is 0. The number of hydrogen-bond donors (Lipinski definition) is 2. The van der Waals surface area contributed by atoms with E-state index in [1.165, 1.54) is 0 Å². The summed E-state index contributed by atoms with van der Waals surface area (Å²) in [6.45, 7) is 0. The van der Waals surface area contributed by atoms with Gasteiger partial charge in [-0.25, -0.2) is 4.79 Å². The zero-order chi connectivity index (χ0) is 9.76. The molecule has 0 aliphatic heterocycles. The highest BCUT2D eigenvalue weighted by Crippen LogP contribution is 2.46. The summed E-state index contributed by atoms with van der Waals surface area (Å²) in [5.74, 6) is -0.475. The van der Waals surface area contributed by atoms with Crippen molar-refractivity contribution in [3.05, 3.63) is 34.3 Å². The van der Waals surface area contributed by atoms with Crippen LogP contribution < -0.4 is 5.76 Å². The first-order valence-electron chi connectivity index (χ1n) is 4.54. The predicted molar refractivity (Wildman–Crippen MR) is 50.0 cm³/mol. The Hall–Kier alpha value is -1.55. The van der Waals surface area contributed by atoms with Gasteiger partial charge in [0, 0.05) is 5.56 Å². The van der Waals surface area contributed by atoms with E-state index in [9.17, 15) is 9.90 Å². The highest BCUT2D eigenvalue weighted by molar-refractivity contribution is 5.77. The molecular weight excluding hydrogens is 182 g/mol. The van der Waals surface area contributed by atoms with Gasteiger partial charge in [0.2, 0.25) is 0 Å². The van der Waals surface area contributed by atoms with Gasteiger partial charge in [-0.2, -0.15) is 0 Å². The zero-order valence-corrected chi connectivity index (χ0v) is 7.41. The zero-order valence-electron chi connectivity index (χ0n) is 7.41. The average molecular weight is 191 g/mol. The van der Waals surface area contributed by atoms with Crippen molar-refractivity contribution in [2.24, 2.45) is 0 Å². The molecule has 14 heavy (non-hydrogen) atoms. The topological polar surface area (TPSA) is 66.2 Å². The highest BCUT2D eigenvalue weighted by atomic mass is 16.4. The van der Waals surface area contributed by atoms with Gasteiger partial charge >= 0.3 is 5.76 Å². The third-order valence-corrected chi connectivity index (χ3v) is 2.68. The van der Waals surface area contributed by atoms with Crippen LogP contribution in [-0.4, -0.2) is 10.1 Å². The minimum absolute atomic E-state index is 0.475. The highest BCUT2D eigenvalue weighted by Gasteiger charge is 2.43. The van der Waals surface area contributed by atoms with E-state index in [0.29, 0.717) is 11.1 Å². The second-order valence-electron chi connectivity index (χ2n) is 3.72. The molecule has 0 unspecified atom stereocenters. The van der Waals surface area contributed by atoms with Gasteiger partial charge in [0.1, 0.15) is 0 Å². The van der Waals surface area contributed by atoms with Gasteiger partial charge in [0.15, 0.2) is 5.58 Å². The summed E-state index contributed by atoms with van der Waals surface area (Å²) in [4.78, 5) is 13.6. The van der Waals surface area contributed by atoms with Crippen molar-refractivity contribution in [2.75, 3.05) is 0 Å². The van der Waals surface area contributed by atoms with Crippen LogP contribution in [-0.2, 0) is 5.60 Å². The maximum atomic E-state index is 11.0. The van der Waals surface area contributed by atoms with E-state index >= 15 is 0 Å². The molecular formula is C10H9NO3. The molecule has 0 saturated heterocycles. The Morgan fingerprint density at radius 1 is 1.43 bits per heavy atom. The molecule has 0 amide bonds. The summed E-state index contributed by atoms with van der Waals surface area (Å²) in [5, 5.41) is 9.94. The normalized spacial score (nSPS) is 18.6. The number of para-hydroxylation sites is 1. The molecule has 72 valence electrons. The van der Waals surface area contributed by atoms with E-state index in [4.69, 9.17) is 4.42 Å². The van der Waals surface area contributed by atoms with E-state index in [1.54, 1.807) is 12.1 Å². The lowest BCUT2D eigenvalue weighted by Crippen LogP contribution is -2.05. The molecule has 1 aliphatic carbocycles. The van der Waals surface area contributed by atoms with Crippen LogP contribution in [0.15, 0.2) is 27.4 Å². The molecule has 1 aromatic heterocycles. The number of fused-ring (bicyclic) bond motifs is 1. The van der Waals surface area contributed by atoms with Crippen LogP contribution in [0.1, 0.15) is 18.4 Å². The van der Waals surface area contributed by atoms with Crippen LogP contribution in [0.4, 0.5) is 0 Å².